The Kier molecular flexibility index (Phi) is 7.29. The van der Waals surface area contributed by atoms with E-state index in [0.29, 0.717) is 5.56 Å². The summed E-state index contributed by atoms with van der Waals surface area (Å²) in [4.78, 5) is 38.1. The second kappa shape index (κ2) is 9.30. The topological polar surface area (TPSA) is 85.4 Å². The molecule has 1 aliphatic heterocycles. The number of ether oxygens (including phenoxy) is 3. The van der Waals surface area contributed by atoms with Crippen molar-refractivity contribution >= 4 is 34.1 Å². The predicted molar refractivity (Wildman–Crippen MR) is 109 cm³/mol. The molecule has 0 fully saturated rings. The van der Waals surface area contributed by atoms with Crippen LogP contribution in [0.1, 0.15) is 46.2 Å². The molecule has 2 amide bonds. The first-order chi connectivity index (χ1) is 13.6. The van der Waals surface area contributed by atoms with Gasteiger partial charge < -0.3 is 14.2 Å². The number of hydrogen-bond acceptors (Lipinski definition) is 6. The molecule has 1 atom stereocenters. The summed E-state index contributed by atoms with van der Waals surface area (Å²) in [6, 6.07) is 6.12. The molecule has 0 bridgehead atoms. The van der Waals surface area contributed by atoms with Crippen molar-refractivity contribution in [1.82, 2.24) is 10.0 Å². The van der Waals surface area contributed by atoms with Crippen molar-refractivity contribution in [2.24, 2.45) is 0 Å². The number of hydrazine groups is 1. The minimum Gasteiger partial charge on any atom is -0.456 e. The zero-order chi connectivity index (χ0) is 21.8. The number of hydrogen-bond donors (Lipinski definition) is 0. The summed E-state index contributed by atoms with van der Waals surface area (Å²) in [7, 11) is 0. The lowest BCUT2D eigenvalue weighted by Gasteiger charge is -2.31. The Bertz CT molecular complexity index is 800. The average Bonchev–Trinajstić information content (AvgIpc) is 3.02. The van der Waals surface area contributed by atoms with Gasteiger partial charge in [0.15, 0.2) is 0 Å². The molecule has 0 aromatic heterocycles. The minimum atomic E-state index is -0.915. The van der Waals surface area contributed by atoms with Gasteiger partial charge in [0.2, 0.25) is 0 Å². The van der Waals surface area contributed by atoms with Gasteiger partial charge in [0.1, 0.15) is 11.6 Å². The van der Waals surface area contributed by atoms with Gasteiger partial charge in [-0.2, -0.15) is 10.0 Å². The molecule has 0 radical (unpaired) electrons. The highest BCUT2D eigenvalue weighted by Crippen LogP contribution is 2.38. The molecule has 1 unspecified atom stereocenters. The van der Waals surface area contributed by atoms with Crippen molar-refractivity contribution < 1.29 is 28.6 Å². The molecule has 0 aliphatic carbocycles. The van der Waals surface area contributed by atoms with Crippen LogP contribution in [-0.4, -0.2) is 47.0 Å². The van der Waals surface area contributed by atoms with Gasteiger partial charge in [0, 0.05) is 10.7 Å². The summed E-state index contributed by atoms with van der Waals surface area (Å²) >= 11 is 3.37. The lowest BCUT2D eigenvalue weighted by atomic mass is 10.00. The molecule has 29 heavy (non-hydrogen) atoms. The first-order valence-corrected chi connectivity index (χ1v) is 10.0. The third-order valence-electron chi connectivity index (χ3n) is 3.76. The van der Waals surface area contributed by atoms with Gasteiger partial charge in [-0.15, -0.1) is 0 Å². The monoisotopic (exact) mass is 468 g/mol. The van der Waals surface area contributed by atoms with Crippen LogP contribution < -0.4 is 0 Å². The Labute approximate surface area is 178 Å². The number of rotatable bonds is 4. The number of halogens is 1. The Morgan fingerprint density at radius 1 is 1.00 bits per heavy atom. The third-order valence-corrected chi connectivity index (χ3v) is 4.29. The van der Waals surface area contributed by atoms with E-state index in [1.807, 2.05) is 0 Å². The van der Waals surface area contributed by atoms with Crippen molar-refractivity contribution in [2.75, 3.05) is 13.2 Å². The lowest BCUT2D eigenvalue weighted by molar-refractivity contribution is -0.150. The van der Waals surface area contributed by atoms with Crippen molar-refractivity contribution in [2.45, 2.75) is 46.3 Å². The summed E-state index contributed by atoms with van der Waals surface area (Å²) in [6.45, 7) is 8.71. The van der Waals surface area contributed by atoms with Gasteiger partial charge in [-0.1, -0.05) is 28.1 Å². The molecule has 1 heterocycles. The van der Waals surface area contributed by atoms with E-state index in [0.717, 1.165) is 14.5 Å². The van der Waals surface area contributed by atoms with Gasteiger partial charge in [-0.05, 0) is 52.3 Å². The molecule has 0 saturated heterocycles. The molecule has 8 nitrogen and oxygen atoms in total. The SMILES string of the molecule is CCOC(=O)N1C=C(C(=O)OC(C)(C)C)C(c2ccc(Br)cc2)N1C(=O)OCC. The van der Waals surface area contributed by atoms with Crippen molar-refractivity contribution in [3.05, 3.63) is 46.1 Å². The summed E-state index contributed by atoms with van der Waals surface area (Å²) in [5.41, 5.74) is -0.0394. The van der Waals surface area contributed by atoms with Crippen LogP contribution in [-0.2, 0) is 19.0 Å². The fourth-order valence-corrected chi connectivity index (χ4v) is 2.97. The maximum atomic E-state index is 12.9. The second-order valence-electron chi connectivity index (χ2n) is 7.13. The third kappa shape index (κ3) is 5.50. The Morgan fingerprint density at radius 3 is 2.07 bits per heavy atom. The zero-order valence-corrected chi connectivity index (χ0v) is 18.7. The fourth-order valence-electron chi connectivity index (χ4n) is 2.70. The highest BCUT2D eigenvalue weighted by molar-refractivity contribution is 9.10. The summed E-state index contributed by atoms with van der Waals surface area (Å²) in [5.74, 6) is -0.647. The molecular formula is C20H25BrN2O6. The van der Waals surface area contributed by atoms with Gasteiger partial charge in [0.05, 0.1) is 18.8 Å². The average molecular weight is 469 g/mol. The van der Waals surface area contributed by atoms with E-state index in [4.69, 9.17) is 14.2 Å². The summed E-state index contributed by atoms with van der Waals surface area (Å²) < 4.78 is 16.5. The van der Waals surface area contributed by atoms with E-state index < -0.39 is 29.8 Å². The van der Waals surface area contributed by atoms with Crippen LogP contribution >= 0.6 is 15.9 Å². The highest BCUT2D eigenvalue weighted by Gasteiger charge is 2.46. The van der Waals surface area contributed by atoms with E-state index >= 15 is 0 Å². The Balaban J connectivity index is 2.56. The first kappa shape index (κ1) is 22.7. The normalized spacial score (nSPS) is 16.3. The quantitative estimate of drug-likeness (QED) is 0.475. The van der Waals surface area contributed by atoms with E-state index in [1.54, 1.807) is 58.9 Å². The van der Waals surface area contributed by atoms with E-state index in [9.17, 15) is 14.4 Å². The van der Waals surface area contributed by atoms with Gasteiger partial charge in [-0.25, -0.2) is 14.4 Å². The molecule has 0 N–H and O–H groups in total. The second-order valence-corrected chi connectivity index (χ2v) is 8.04. The maximum Gasteiger partial charge on any atom is 0.433 e. The molecular weight excluding hydrogens is 444 g/mol. The summed E-state index contributed by atoms with van der Waals surface area (Å²) in [5, 5.41) is 2.01. The number of carbonyl (C=O) groups excluding carboxylic acids is 3. The Hall–Kier alpha value is -2.55. The van der Waals surface area contributed by atoms with Crippen LogP contribution in [0.25, 0.3) is 0 Å². The number of carbonyl (C=O) groups is 3. The smallest absolute Gasteiger partial charge is 0.433 e. The van der Waals surface area contributed by atoms with Crippen molar-refractivity contribution in [3.63, 3.8) is 0 Å². The van der Waals surface area contributed by atoms with E-state index in [-0.39, 0.29) is 18.8 Å². The maximum absolute atomic E-state index is 12.9. The van der Waals surface area contributed by atoms with Crippen molar-refractivity contribution in [3.8, 4) is 0 Å². The molecule has 158 valence electrons. The molecule has 0 saturated carbocycles. The lowest BCUT2D eigenvalue weighted by Crippen LogP contribution is -2.46. The summed E-state index contributed by atoms with van der Waals surface area (Å²) in [6.07, 6.45) is -0.333. The standard InChI is InChI=1S/C20H25BrN2O6/c1-6-27-18(25)22-12-15(17(24)29-20(3,4)5)16(23(22)19(26)28-7-2)13-8-10-14(21)11-9-13/h8-12,16H,6-7H2,1-5H3. The fraction of sp³-hybridized carbons (Fsp3) is 0.450. The van der Waals surface area contributed by atoms with Crippen LogP contribution in [0.5, 0.6) is 0 Å². The van der Waals surface area contributed by atoms with Crippen LogP contribution in [0.2, 0.25) is 0 Å². The number of esters is 1. The van der Waals surface area contributed by atoms with E-state index in [1.165, 1.54) is 6.20 Å². The largest absolute Gasteiger partial charge is 0.456 e. The number of nitrogens with zero attached hydrogens (tertiary/aromatic N) is 2. The first-order valence-electron chi connectivity index (χ1n) is 9.21. The molecule has 2 rings (SSSR count). The highest BCUT2D eigenvalue weighted by atomic mass is 79.9. The van der Waals surface area contributed by atoms with Gasteiger partial charge in [0.25, 0.3) is 0 Å². The van der Waals surface area contributed by atoms with Crippen LogP contribution in [0.4, 0.5) is 9.59 Å². The molecule has 9 heteroatoms. The van der Waals surface area contributed by atoms with Crippen LogP contribution in [0.15, 0.2) is 40.5 Å². The molecule has 1 aliphatic rings. The molecule has 1 aromatic carbocycles. The van der Waals surface area contributed by atoms with E-state index in [2.05, 4.69) is 15.9 Å². The minimum absolute atomic E-state index is 0.0980. The number of amides is 2. The zero-order valence-electron chi connectivity index (χ0n) is 17.1. The molecule has 0 spiro atoms. The van der Waals surface area contributed by atoms with Gasteiger partial charge >= 0.3 is 18.2 Å². The van der Waals surface area contributed by atoms with Gasteiger partial charge in [-0.3, -0.25) is 0 Å². The van der Waals surface area contributed by atoms with Crippen LogP contribution in [0, 0.1) is 0 Å². The number of benzene rings is 1. The van der Waals surface area contributed by atoms with Crippen LogP contribution in [0.3, 0.4) is 0 Å². The van der Waals surface area contributed by atoms with Crippen molar-refractivity contribution in [1.29, 1.82) is 0 Å². The predicted octanol–water partition coefficient (Wildman–Crippen LogP) is 4.56. The Morgan fingerprint density at radius 2 is 1.55 bits per heavy atom. The molecule has 1 aromatic rings.